The Morgan fingerprint density at radius 3 is 2.92 bits per heavy atom. The Morgan fingerprint density at radius 1 is 1.69 bits per heavy atom. The van der Waals surface area contributed by atoms with E-state index >= 15 is 0 Å². The molecule has 1 atom stereocenters. The molecule has 0 aliphatic rings. The molecule has 0 aliphatic heterocycles. The Bertz CT molecular complexity index is 244. The van der Waals surface area contributed by atoms with E-state index in [-0.39, 0.29) is 6.04 Å². The fourth-order valence-electron chi connectivity index (χ4n) is 1.20. The first-order valence-corrected chi connectivity index (χ1v) is 5.30. The van der Waals surface area contributed by atoms with Crippen LogP contribution in [0.2, 0.25) is 0 Å². The second-order valence-corrected chi connectivity index (χ2v) is 3.92. The van der Waals surface area contributed by atoms with E-state index in [4.69, 9.17) is 4.74 Å². The molecule has 1 heterocycles. The van der Waals surface area contributed by atoms with Crippen molar-refractivity contribution in [2.45, 2.75) is 19.9 Å². The molecule has 0 spiro atoms. The molecule has 74 valence electrons. The van der Waals surface area contributed by atoms with Crippen LogP contribution in [0.3, 0.4) is 0 Å². The number of aromatic nitrogens is 1. The molecule has 0 saturated carbocycles. The summed E-state index contributed by atoms with van der Waals surface area (Å²) in [5.74, 6) is 0. The Balaban J connectivity index is 2.63. The van der Waals surface area contributed by atoms with Crippen LogP contribution in [-0.4, -0.2) is 25.2 Å². The maximum atomic E-state index is 5.12. The molecule has 0 amide bonds. The molecule has 1 rings (SSSR count). The minimum Gasteiger partial charge on any atom is -0.383 e. The topological polar surface area (TPSA) is 34.1 Å². The Hall–Kier alpha value is -0.450. The van der Waals surface area contributed by atoms with E-state index in [9.17, 15) is 0 Å². The van der Waals surface area contributed by atoms with Gasteiger partial charge in [-0.05, 0) is 13.5 Å². The predicted octanol–water partition coefficient (Wildman–Crippen LogP) is 1.75. The smallest absolute Gasteiger partial charge is 0.0898 e. The monoisotopic (exact) mass is 200 g/mol. The summed E-state index contributed by atoms with van der Waals surface area (Å²) in [5, 5.41) is 6.52. The van der Waals surface area contributed by atoms with Crippen LogP contribution in [0.4, 0.5) is 0 Å². The summed E-state index contributed by atoms with van der Waals surface area (Å²) < 4.78 is 5.12. The van der Waals surface area contributed by atoms with Gasteiger partial charge in [0.2, 0.25) is 0 Å². The molecule has 1 N–H and O–H groups in total. The van der Waals surface area contributed by atoms with Crippen molar-refractivity contribution in [2.24, 2.45) is 0 Å². The third kappa shape index (κ3) is 3.06. The lowest BCUT2D eigenvalue weighted by Crippen LogP contribution is -2.25. The van der Waals surface area contributed by atoms with Gasteiger partial charge in [0.15, 0.2) is 0 Å². The molecule has 0 saturated heterocycles. The minimum absolute atomic E-state index is 0.236. The lowest BCUT2D eigenvalue weighted by molar-refractivity contribution is 0.166. The van der Waals surface area contributed by atoms with Crippen LogP contribution in [0.15, 0.2) is 5.38 Å². The molecule has 3 nitrogen and oxygen atoms in total. The van der Waals surface area contributed by atoms with Gasteiger partial charge in [-0.2, -0.15) is 0 Å². The quantitative estimate of drug-likeness (QED) is 0.786. The average molecular weight is 200 g/mol. The fraction of sp³-hybridized carbons (Fsp3) is 0.667. The summed E-state index contributed by atoms with van der Waals surface area (Å²) in [6.07, 6.45) is 0. The van der Waals surface area contributed by atoms with Crippen LogP contribution < -0.4 is 5.32 Å². The highest BCUT2D eigenvalue weighted by Crippen LogP contribution is 2.16. The highest BCUT2D eigenvalue weighted by atomic mass is 32.1. The minimum atomic E-state index is 0.236. The number of hydrogen-bond donors (Lipinski definition) is 1. The van der Waals surface area contributed by atoms with E-state index in [2.05, 4.69) is 22.6 Å². The van der Waals surface area contributed by atoms with E-state index in [0.29, 0.717) is 6.61 Å². The van der Waals surface area contributed by atoms with Crippen molar-refractivity contribution in [3.05, 3.63) is 16.1 Å². The summed E-state index contributed by atoms with van der Waals surface area (Å²) in [6.45, 7) is 5.72. The van der Waals surface area contributed by atoms with Crippen LogP contribution in [-0.2, 0) is 4.74 Å². The maximum absolute atomic E-state index is 5.12. The van der Waals surface area contributed by atoms with Crippen LogP contribution in [0.25, 0.3) is 0 Å². The normalized spacial score (nSPS) is 13.2. The molecule has 0 aliphatic carbocycles. The van der Waals surface area contributed by atoms with Gasteiger partial charge in [-0.25, -0.2) is 4.98 Å². The molecule has 4 heteroatoms. The van der Waals surface area contributed by atoms with Gasteiger partial charge in [0, 0.05) is 12.5 Å². The molecular formula is C9H16N2OS. The Morgan fingerprint density at radius 2 is 2.46 bits per heavy atom. The molecule has 1 unspecified atom stereocenters. The van der Waals surface area contributed by atoms with Gasteiger partial charge in [0.25, 0.3) is 0 Å². The van der Waals surface area contributed by atoms with Crippen molar-refractivity contribution in [3.63, 3.8) is 0 Å². The van der Waals surface area contributed by atoms with E-state index in [1.807, 2.05) is 6.92 Å². The lowest BCUT2D eigenvalue weighted by Gasteiger charge is -2.13. The second kappa shape index (κ2) is 5.32. The van der Waals surface area contributed by atoms with Crippen LogP contribution in [0, 0.1) is 6.92 Å². The molecule has 0 aromatic carbocycles. The zero-order valence-corrected chi connectivity index (χ0v) is 9.15. The summed E-state index contributed by atoms with van der Waals surface area (Å²) in [6, 6.07) is 0.236. The number of aryl methyl sites for hydroxylation is 1. The molecule has 1 aromatic rings. The number of ether oxygens (including phenoxy) is 1. The zero-order valence-electron chi connectivity index (χ0n) is 8.33. The number of nitrogens with one attached hydrogen (secondary N) is 1. The summed E-state index contributed by atoms with van der Waals surface area (Å²) in [4.78, 5) is 4.42. The highest BCUT2D eigenvalue weighted by Gasteiger charge is 2.12. The molecule has 0 fully saturated rings. The molecule has 1 aromatic heterocycles. The molecule has 13 heavy (non-hydrogen) atoms. The number of rotatable bonds is 5. The van der Waals surface area contributed by atoms with E-state index in [1.165, 1.54) is 0 Å². The maximum Gasteiger partial charge on any atom is 0.0898 e. The first-order chi connectivity index (χ1) is 6.27. The van der Waals surface area contributed by atoms with Crippen molar-refractivity contribution in [1.82, 2.24) is 10.3 Å². The first-order valence-electron chi connectivity index (χ1n) is 4.42. The predicted molar refractivity (Wildman–Crippen MR) is 55.1 cm³/mol. The van der Waals surface area contributed by atoms with Gasteiger partial charge in [0.05, 0.1) is 23.4 Å². The highest BCUT2D eigenvalue weighted by molar-refractivity contribution is 7.09. The fourth-order valence-corrected chi connectivity index (χ4v) is 1.87. The third-order valence-electron chi connectivity index (χ3n) is 1.78. The van der Waals surface area contributed by atoms with Gasteiger partial charge in [-0.15, -0.1) is 11.3 Å². The van der Waals surface area contributed by atoms with Crippen molar-refractivity contribution in [1.29, 1.82) is 0 Å². The van der Waals surface area contributed by atoms with E-state index < -0.39 is 0 Å². The molecule has 0 radical (unpaired) electrons. The van der Waals surface area contributed by atoms with E-state index in [0.717, 1.165) is 17.2 Å². The lowest BCUT2D eigenvalue weighted by atomic mass is 10.2. The number of methoxy groups -OCH3 is 1. The largest absolute Gasteiger partial charge is 0.383 e. The van der Waals surface area contributed by atoms with Gasteiger partial charge >= 0.3 is 0 Å². The van der Waals surface area contributed by atoms with Crippen LogP contribution in [0.5, 0.6) is 0 Å². The van der Waals surface area contributed by atoms with Crippen LogP contribution >= 0.6 is 11.3 Å². The van der Waals surface area contributed by atoms with Crippen molar-refractivity contribution < 1.29 is 4.74 Å². The molecular weight excluding hydrogens is 184 g/mol. The average Bonchev–Trinajstić information content (AvgIpc) is 2.51. The molecule has 0 bridgehead atoms. The summed E-state index contributed by atoms with van der Waals surface area (Å²) in [5.41, 5.74) is 1.09. The van der Waals surface area contributed by atoms with Crippen LogP contribution in [0.1, 0.15) is 23.7 Å². The number of hydrogen-bond acceptors (Lipinski definition) is 4. The Labute approximate surface area is 83.1 Å². The van der Waals surface area contributed by atoms with E-state index in [1.54, 1.807) is 18.4 Å². The second-order valence-electron chi connectivity index (χ2n) is 2.86. The summed E-state index contributed by atoms with van der Waals surface area (Å²) in [7, 11) is 1.71. The van der Waals surface area contributed by atoms with Gasteiger partial charge in [-0.3, -0.25) is 0 Å². The van der Waals surface area contributed by atoms with Crippen molar-refractivity contribution in [3.8, 4) is 0 Å². The van der Waals surface area contributed by atoms with Gasteiger partial charge < -0.3 is 10.1 Å². The summed E-state index contributed by atoms with van der Waals surface area (Å²) >= 11 is 1.68. The number of nitrogens with zero attached hydrogens (tertiary/aromatic N) is 1. The SMILES string of the molecule is CCNC(COC)c1csc(C)n1. The zero-order chi connectivity index (χ0) is 9.68. The van der Waals surface area contributed by atoms with Gasteiger partial charge in [0.1, 0.15) is 0 Å². The Kier molecular flexibility index (Phi) is 4.35. The third-order valence-corrected chi connectivity index (χ3v) is 2.57. The number of likely N-dealkylation sites (N-methyl/N-ethyl adjacent to an activating group) is 1. The number of thiazole rings is 1. The van der Waals surface area contributed by atoms with Crippen molar-refractivity contribution in [2.75, 3.05) is 20.3 Å². The first kappa shape index (κ1) is 10.6. The standard InChI is InChI=1S/C9H16N2OS/c1-4-10-8(5-12-3)9-6-13-7(2)11-9/h6,8,10H,4-5H2,1-3H3. The van der Waals surface area contributed by atoms with Crippen molar-refractivity contribution >= 4 is 11.3 Å². The van der Waals surface area contributed by atoms with Gasteiger partial charge in [-0.1, -0.05) is 6.92 Å².